The summed E-state index contributed by atoms with van der Waals surface area (Å²) in [6, 6.07) is 0. The van der Waals surface area contributed by atoms with Crippen molar-refractivity contribution in [3.05, 3.63) is 12.0 Å². The molecule has 2 heteroatoms. The molecule has 96 valence electrons. The van der Waals surface area contributed by atoms with Crippen molar-refractivity contribution in [3.63, 3.8) is 0 Å². The normalized spacial score (nSPS) is 10.3. The maximum absolute atomic E-state index is 8.51. The highest BCUT2D eigenvalue weighted by Gasteiger charge is 1.92. The Morgan fingerprint density at radius 1 is 0.750 bits per heavy atom. The summed E-state index contributed by atoms with van der Waals surface area (Å²) in [6.45, 7) is 2.25. The molecule has 0 unspecified atom stereocenters. The summed E-state index contributed by atoms with van der Waals surface area (Å²) in [7, 11) is 0. The molecule has 2 N–H and O–H groups in total. The van der Waals surface area contributed by atoms with Gasteiger partial charge in [0.05, 0.1) is 0 Å². The second-order valence-corrected chi connectivity index (χ2v) is 4.53. The third-order valence-corrected chi connectivity index (χ3v) is 2.88. The Labute approximate surface area is 100 Å². The molecular weight excluding hydrogens is 200 g/mol. The lowest BCUT2D eigenvalue weighted by atomic mass is 10.1. The molecule has 0 bridgehead atoms. The van der Waals surface area contributed by atoms with Crippen LogP contribution in [0, 0.1) is 0 Å². The van der Waals surface area contributed by atoms with Crippen LogP contribution < -0.4 is 0 Å². The summed E-state index contributed by atoms with van der Waals surface area (Å²) in [5.74, 6) is -0.532. The summed E-state index contributed by atoms with van der Waals surface area (Å²) in [5, 5.41) is 17.0. The molecular formula is C14H28O2. The summed E-state index contributed by atoms with van der Waals surface area (Å²) < 4.78 is 0. The van der Waals surface area contributed by atoms with Crippen molar-refractivity contribution >= 4 is 0 Å². The van der Waals surface area contributed by atoms with Crippen molar-refractivity contribution in [2.75, 3.05) is 0 Å². The van der Waals surface area contributed by atoms with Crippen molar-refractivity contribution in [1.82, 2.24) is 0 Å². The zero-order valence-corrected chi connectivity index (χ0v) is 10.7. The van der Waals surface area contributed by atoms with Gasteiger partial charge in [-0.3, -0.25) is 0 Å². The molecule has 0 aromatic rings. The van der Waals surface area contributed by atoms with Crippen molar-refractivity contribution in [3.8, 4) is 0 Å². The van der Waals surface area contributed by atoms with Gasteiger partial charge in [-0.05, 0) is 18.9 Å². The SMILES string of the molecule is CCCCCCCCCCCCC=C(O)O. The van der Waals surface area contributed by atoms with Gasteiger partial charge in [-0.2, -0.15) is 0 Å². The Kier molecular flexibility index (Phi) is 11.9. The second kappa shape index (κ2) is 12.4. The molecule has 0 fully saturated rings. The number of allylic oxidation sites excluding steroid dienone is 1. The Morgan fingerprint density at radius 2 is 1.19 bits per heavy atom. The second-order valence-electron chi connectivity index (χ2n) is 4.53. The van der Waals surface area contributed by atoms with E-state index in [0.717, 1.165) is 12.8 Å². The molecule has 0 heterocycles. The van der Waals surface area contributed by atoms with Crippen molar-refractivity contribution < 1.29 is 10.2 Å². The van der Waals surface area contributed by atoms with Crippen LogP contribution in [0.4, 0.5) is 0 Å². The van der Waals surface area contributed by atoms with Crippen LogP contribution in [0.3, 0.4) is 0 Å². The number of aliphatic hydroxyl groups excluding tert-OH is 1. The number of unbranched alkanes of at least 4 members (excludes halogenated alkanes) is 10. The smallest absolute Gasteiger partial charge is 0.269 e. The molecule has 16 heavy (non-hydrogen) atoms. The van der Waals surface area contributed by atoms with Gasteiger partial charge in [0.2, 0.25) is 0 Å². The minimum Gasteiger partial charge on any atom is -0.481 e. The quantitative estimate of drug-likeness (QED) is 0.374. The van der Waals surface area contributed by atoms with E-state index >= 15 is 0 Å². The van der Waals surface area contributed by atoms with Crippen molar-refractivity contribution in [2.24, 2.45) is 0 Å². The van der Waals surface area contributed by atoms with E-state index in [1.54, 1.807) is 0 Å². The maximum atomic E-state index is 8.51. The van der Waals surface area contributed by atoms with E-state index < -0.39 is 5.95 Å². The van der Waals surface area contributed by atoms with E-state index in [1.807, 2.05) is 0 Å². The van der Waals surface area contributed by atoms with Crippen molar-refractivity contribution in [1.29, 1.82) is 0 Å². The monoisotopic (exact) mass is 228 g/mol. The van der Waals surface area contributed by atoms with Crippen LogP contribution in [0.1, 0.15) is 77.6 Å². The van der Waals surface area contributed by atoms with Crippen LogP contribution in [0.15, 0.2) is 12.0 Å². The molecule has 0 saturated carbocycles. The molecule has 0 aliphatic heterocycles. The lowest BCUT2D eigenvalue weighted by Crippen LogP contribution is -1.82. The fraction of sp³-hybridized carbons (Fsp3) is 0.857. The Balaban J connectivity index is 2.96. The number of rotatable bonds is 11. The van der Waals surface area contributed by atoms with Gasteiger partial charge in [0.15, 0.2) is 0 Å². The average Bonchev–Trinajstić information content (AvgIpc) is 2.25. The largest absolute Gasteiger partial charge is 0.481 e. The molecule has 0 rings (SSSR count). The van der Waals surface area contributed by atoms with Crippen LogP contribution in [0.2, 0.25) is 0 Å². The highest BCUT2D eigenvalue weighted by Crippen LogP contribution is 2.11. The van der Waals surface area contributed by atoms with E-state index in [1.165, 1.54) is 63.9 Å². The molecule has 2 nitrogen and oxygen atoms in total. The summed E-state index contributed by atoms with van der Waals surface area (Å²) in [4.78, 5) is 0. The highest BCUT2D eigenvalue weighted by atomic mass is 16.5. The van der Waals surface area contributed by atoms with Gasteiger partial charge in [-0.25, -0.2) is 0 Å². The minimum absolute atomic E-state index is 0.532. The van der Waals surface area contributed by atoms with Gasteiger partial charge in [-0.15, -0.1) is 0 Å². The number of hydrogen-bond acceptors (Lipinski definition) is 2. The van der Waals surface area contributed by atoms with E-state index in [4.69, 9.17) is 10.2 Å². The highest BCUT2D eigenvalue weighted by molar-refractivity contribution is 4.78. The molecule has 0 aromatic carbocycles. The van der Waals surface area contributed by atoms with Gasteiger partial charge in [0.1, 0.15) is 0 Å². The first-order valence-electron chi connectivity index (χ1n) is 6.85. The first-order valence-corrected chi connectivity index (χ1v) is 6.85. The van der Waals surface area contributed by atoms with E-state index in [0.29, 0.717) is 0 Å². The van der Waals surface area contributed by atoms with E-state index in [2.05, 4.69) is 6.92 Å². The standard InChI is InChI=1S/C14H28O2/c1-2-3-4-5-6-7-8-9-10-11-12-13-14(15)16/h13,15-16H,2-12H2,1H3. The molecule has 0 aliphatic rings. The van der Waals surface area contributed by atoms with Crippen LogP contribution >= 0.6 is 0 Å². The van der Waals surface area contributed by atoms with Crippen LogP contribution in [-0.4, -0.2) is 10.2 Å². The number of aliphatic hydroxyl groups is 2. The molecule has 0 aromatic heterocycles. The fourth-order valence-electron chi connectivity index (χ4n) is 1.86. The first kappa shape index (κ1) is 15.3. The molecule has 0 atom stereocenters. The van der Waals surface area contributed by atoms with Gasteiger partial charge >= 0.3 is 0 Å². The lowest BCUT2D eigenvalue weighted by Gasteiger charge is -2.01. The Bertz CT molecular complexity index is 160. The first-order chi connectivity index (χ1) is 7.77. The molecule has 0 radical (unpaired) electrons. The van der Waals surface area contributed by atoms with Gasteiger partial charge in [0, 0.05) is 0 Å². The lowest BCUT2D eigenvalue weighted by molar-refractivity contribution is 0.189. The molecule has 0 spiro atoms. The predicted molar refractivity (Wildman–Crippen MR) is 69.8 cm³/mol. The maximum Gasteiger partial charge on any atom is 0.269 e. The minimum atomic E-state index is -0.532. The van der Waals surface area contributed by atoms with Crippen LogP contribution in [0.5, 0.6) is 0 Å². The van der Waals surface area contributed by atoms with E-state index in [9.17, 15) is 0 Å². The zero-order chi connectivity index (χ0) is 12.1. The third kappa shape index (κ3) is 13.3. The topological polar surface area (TPSA) is 40.5 Å². The number of hydrogen-bond donors (Lipinski definition) is 2. The summed E-state index contributed by atoms with van der Waals surface area (Å²) in [5.41, 5.74) is 0. The Hall–Kier alpha value is -0.660. The Morgan fingerprint density at radius 3 is 1.62 bits per heavy atom. The van der Waals surface area contributed by atoms with Crippen LogP contribution in [0.25, 0.3) is 0 Å². The van der Waals surface area contributed by atoms with Crippen molar-refractivity contribution in [2.45, 2.75) is 77.6 Å². The van der Waals surface area contributed by atoms with Gasteiger partial charge in [0.25, 0.3) is 5.95 Å². The van der Waals surface area contributed by atoms with Crippen LogP contribution in [-0.2, 0) is 0 Å². The van der Waals surface area contributed by atoms with Gasteiger partial charge in [-0.1, -0.05) is 64.7 Å². The predicted octanol–water partition coefficient (Wildman–Crippen LogP) is 5.25. The van der Waals surface area contributed by atoms with Gasteiger partial charge < -0.3 is 10.2 Å². The molecule has 0 saturated heterocycles. The summed E-state index contributed by atoms with van der Waals surface area (Å²) in [6.07, 6.45) is 15.4. The van der Waals surface area contributed by atoms with E-state index in [-0.39, 0.29) is 0 Å². The fourth-order valence-corrected chi connectivity index (χ4v) is 1.86. The molecule has 0 aliphatic carbocycles. The summed E-state index contributed by atoms with van der Waals surface area (Å²) >= 11 is 0. The average molecular weight is 228 g/mol. The third-order valence-electron chi connectivity index (χ3n) is 2.88. The zero-order valence-electron chi connectivity index (χ0n) is 10.7. The molecule has 0 amide bonds.